The first-order valence-corrected chi connectivity index (χ1v) is 11.4. The van der Waals surface area contributed by atoms with Crippen molar-refractivity contribution in [2.75, 3.05) is 0 Å². The summed E-state index contributed by atoms with van der Waals surface area (Å²) in [6.45, 7) is 9.94. The number of hydrogen-bond donors (Lipinski definition) is 0. The molecule has 2 aromatic rings. The van der Waals surface area contributed by atoms with Crippen LogP contribution in [0, 0.1) is 22.7 Å². The Morgan fingerprint density at radius 3 is 2.45 bits per heavy atom. The van der Waals surface area contributed by atoms with E-state index in [4.69, 9.17) is 9.47 Å². The number of rotatable bonds is 2. The lowest BCUT2D eigenvalue weighted by Crippen LogP contribution is -2.61. The zero-order chi connectivity index (χ0) is 20.3. The van der Waals surface area contributed by atoms with Gasteiger partial charge in [0.25, 0.3) is 0 Å². The van der Waals surface area contributed by atoms with Gasteiger partial charge in [-0.15, -0.1) is 0 Å². The topological polar surface area (TPSA) is 18.5 Å². The van der Waals surface area contributed by atoms with Crippen LogP contribution in [0.3, 0.4) is 0 Å². The molecule has 2 nitrogen and oxygen atoms in total. The van der Waals surface area contributed by atoms with Crippen LogP contribution in [0.2, 0.25) is 0 Å². The van der Waals surface area contributed by atoms with Gasteiger partial charge in [-0.05, 0) is 91.7 Å². The first kappa shape index (κ1) is 19.0. The summed E-state index contributed by atoms with van der Waals surface area (Å²) in [5.41, 5.74) is 2.05. The molecule has 3 aliphatic rings. The summed E-state index contributed by atoms with van der Waals surface area (Å²) >= 11 is 0. The van der Waals surface area contributed by atoms with E-state index >= 15 is 0 Å². The standard InChI is InChI=1S/C27H34O2/c1-25(2)14-8-15-26(3)23(25)13-16-27(4)24(26)18-19-17-21(11-12-22(19)29-27)28-20-9-6-5-7-10-20/h5-7,9-12,17,23-24H,8,13-16,18H2,1-4H3/t23-,24+,26-,27+/m0/s1. The van der Waals surface area contributed by atoms with Gasteiger partial charge in [0.15, 0.2) is 0 Å². The Labute approximate surface area is 175 Å². The molecule has 5 rings (SSSR count). The Kier molecular flexibility index (Phi) is 4.28. The van der Waals surface area contributed by atoms with Gasteiger partial charge in [0.2, 0.25) is 0 Å². The summed E-state index contributed by atoms with van der Waals surface area (Å²) in [6, 6.07) is 16.4. The van der Waals surface area contributed by atoms with Crippen molar-refractivity contribution in [3.05, 3.63) is 54.1 Å². The van der Waals surface area contributed by atoms with Crippen LogP contribution >= 0.6 is 0 Å². The van der Waals surface area contributed by atoms with Crippen molar-refractivity contribution < 1.29 is 9.47 Å². The lowest BCUT2D eigenvalue weighted by Gasteiger charge is -2.63. The molecule has 0 saturated heterocycles. The molecule has 0 radical (unpaired) electrons. The zero-order valence-electron chi connectivity index (χ0n) is 18.3. The molecule has 0 bridgehead atoms. The monoisotopic (exact) mass is 390 g/mol. The van der Waals surface area contributed by atoms with E-state index in [2.05, 4.69) is 39.8 Å². The number of ether oxygens (including phenoxy) is 2. The predicted molar refractivity (Wildman–Crippen MR) is 118 cm³/mol. The van der Waals surface area contributed by atoms with Gasteiger partial charge < -0.3 is 9.47 Å². The van der Waals surface area contributed by atoms with E-state index in [0.717, 1.165) is 29.6 Å². The van der Waals surface area contributed by atoms with Gasteiger partial charge in [0.1, 0.15) is 22.8 Å². The second-order valence-electron chi connectivity index (χ2n) is 10.8. The summed E-state index contributed by atoms with van der Waals surface area (Å²) in [5, 5.41) is 0. The van der Waals surface area contributed by atoms with E-state index in [9.17, 15) is 0 Å². The number of fused-ring (bicyclic) bond motifs is 4. The van der Waals surface area contributed by atoms with Gasteiger partial charge >= 0.3 is 0 Å². The van der Waals surface area contributed by atoms with Gasteiger partial charge in [0.05, 0.1) is 0 Å². The fourth-order valence-electron chi connectivity index (χ4n) is 7.15. The molecule has 2 fully saturated rings. The predicted octanol–water partition coefficient (Wildman–Crippen LogP) is 7.42. The van der Waals surface area contributed by atoms with E-state index in [1.165, 1.54) is 37.7 Å². The molecule has 0 unspecified atom stereocenters. The van der Waals surface area contributed by atoms with E-state index in [1.807, 2.05) is 36.4 Å². The van der Waals surface area contributed by atoms with Crippen molar-refractivity contribution in [2.24, 2.45) is 22.7 Å². The molecule has 1 heterocycles. The second kappa shape index (κ2) is 6.52. The van der Waals surface area contributed by atoms with Gasteiger partial charge in [-0.2, -0.15) is 0 Å². The van der Waals surface area contributed by atoms with Crippen LogP contribution < -0.4 is 9.47 Å². The molecule has 2 heteroatoms. The third-order valence-electron chi connectivity index (χ3n) is 8.52. The average molecular weight is 391 g/mol. The third kappa shape index (κ3) is 3.07. The number of benzene rings is 2. The van der Waals surface area contributed by atoms with Gasteiger partial charge in [-0.1, -0.05) is 45.4 Å². The molecule has 29 heavy (non-hydrogen) atoms. The Bertz CT molecular complexity index is 902. The van der Waals surface area contributed by atoms with Crippen molar-refractivity contribution in [3.63, 3.8) is 0 Å². The minimum Gasteiger partial charge on any atom is -0.487 e. The largest absolute Gasteiger partial charge is 0.487 e. The normalized spacial score (nSPS) is 34.9. The minimum absolute atomic E-state index is 0.0481. The molecule has 2 aromatic carbocycles. The fourth-order valence-corrected chi connectivity index (χ4v) is 7.15. The van der Waals surface area contributed by atoms with E-state index in [-0.39, 0.29) is 5.60 Å². The van der Waals surface area contributed by atoms with Crippen LogP contribution in [0.1, 0.15) is 65.4 Å². The minimum atomic E-state index is -0.0481. The van der Waals surface area contributed by atoms with Crippen molar-refractivity contribution >= 4 is 0 Å². The average Bonchev–Trinajstić information content (AvgIpc) is 2.67. The highest BCUT2D eigenvalue weighted by atomic mass is 16.5. The SMILES string of the molecule is CC1(C)CCC[C@]2(C)[C@H]3Cc4cc(Oc5ccccc5)ccc4O[C@]3(C)CC[C@@H]12. The van der Waals surface area contributed by atoms with Crippen molar-refractivity contribution in [1.29, 1.82) is 0 Å². The Morgan fingerprint density at radius 1 is 0.862 bits per heavy atom. The summed E-state index contributed by atoms with van der Waals surface area (Å²) in [7, 11) is 0. The smallest absolute Gasteiger partial charge is 0.127 e. The molecule has 0 amide bonds. The van der Waals surface area contributed by atoms with E-state index < -0.39 is 0 Å². The van der Waals surface area contributed by atoms with Crippen LogP contribution in [0.5, 0.6) is 17.2 Å². The first-order valence-electron chi connectivity index (χ1n) is 11.4. The molecule has 4 atom stereocenters. The molecule has 2 saturated carbocycles. The molecule has 0 N–H and O–H groups in total. The van der Waals surface area contributed by atoms with Crippen molar-refractivity contribution in [3.8, 4) is 17.2 Å². The van der Waals surface area contributed by atoms with Crippen LogP contribution in [0.15, 0.2) is 48.5 Å². The van der Waals surface area contributed by atoms with Crippen LogP contribution in [-0.2, 0) is 6.42 Å². The lowest BCUT2D eigenvalue weighted by molar-refractivity contribution is -0.162. The quantitative estimate of drug-likeness (QED) is 0.531. The maximum Gasteiger partial charge on any atom is 0.127 e. The summed E-state index contributed by atoms with van der Waals surface area (Å²) in [6.07, 6.45) is 7.60. The molecular weight excluding hydrogens is 356 g/mol. The Balaban J connectivity index is 1.48. The molecular formula is C27H34O2. The Morgan fingerprint density at radius 2 is 1.66 bits per heavy atom. The molecule has 1 aliphatic heterocycles. The first-order chi connectivity index (χ1) is 13.8. The van der Waals surface area contributed by atoms with E-state index in [0.29, 0.717) is 16.7 Å². The van der Waals surface area contributed by atoms with Gasteiger partial charge in [-0.25, -0.2) is 0 Å². The van der Waals surface area contributed by atoms with Crippen LogP contribution in [0.25, 0.3) is 0 Å². The van der Waals surface area contributed by atoms with Crippen LogP contribution in [-0.4, -0.2) is 5.60 Å². The van der Waals surface area contributed by atoms with Crippen molar-refractivity contribution in [1.82, 2.24) is 0 Å². The summed E-state index contributed by atoms with van der Waals surface area (Å²) < 4.78 is 12.9. The van der Waals surface area contributed by atoms with Crippen molar-refractivity contribution in [2.45, 2.75) is 71.8 Å². The number of para-hydroxylation sites is 1. The van der Waals surface area contributed by atoms with E-state index in [1.54, 1.807) is 0 Å². The zero-order valence-corrected chi connectivity index (χ0v) is 18.3. The summed E-state index contributed by atoms with van der Waals surface area (Å²) in [4.78, 5) is 0. The highest BCUT2D eigenvalue weighted by Gasteiger charge is 2.60. The molecule has 0 spiro atoms. The van der Waals surface area contributed by atoms with Gasteiger partial charge in [0, 0.05) is 5.92 Å². The molecule has 2 aliphatic carbocycles. The second-order valence-corrected chi connectivity index (χ2v) is 10.8. The molecule has 154 valence electrons. The molecule has 0 aromatic heterocycles. The van der Waals surface area contributed by atoms with Gasteiger partial charge in [-0.3, -0.25) is 0 Å². The number of hydrogen-bond acceptors (Lipinski definition) is 2. The Hall–Kier alpha value is -1.96. The maximum atomic E-state index is 6.76. The lowest BCUT2D eigenvalue weighted by atomic mass is 9.44. The fraction of sp³-hybridized carbons (Fsp3) is 0.556. The summed E-state index contributed by atoms with van der Waals surface area (Å²) in [5.74, 6) is 4.20. The third-order valence-corrected chi connectivity index (χ3v) is 8.52. The maximum absolute atomic E-state index is 6.76. The highest BCUT2D eigenvalue weighted by molar-refractivity contribution is 5.45. The van der Waals surface area contributed by atoms with Crippen LogP contribution in [0.4, 0.5) is 0 Å². The highest BCUT2D eigenvalue weighted by Crippen LogP contribution is 2.64.